The van der Waals surface area contributed by atoms with Gasteiger partial charge in [-0.15, -0.1) is 0 Å². The Morgan fingerprint density at radius 3 is 2.21 bits per heavy atom. The van der Waals surface area contributed by atoms with Gasteiger partial charge in [0.25, 0.3) is 0 Å². The molecule has 0 unspecified atom stereocenters. The number of nitrogens with zero attached hydrogens (tertiary/aromatic N) is 1. The maximum atomic E-state index is 12.6. The lowest BCUT2D eigenvalue weighted by atomic mass is 10.1. The van der Waals surface area contributed by atoms with Crippen molar-refractivity contribution in [3.63, 3.8) is 0 Å². The summed E-state index contributed by atoms with van der Waals surface area (Å²) in [5.74, 6) is 0.990. The summed E-state index contributed by atoms with van der Waals surface area (Å²) in [6, 6.07) is 26.6. The third kappa shape index (κ3) is 4.82. The van der Waals surface area contributed by atoms with Crippen LogP contribution in [0.15, 0.2) is 84.9 Å². The van der Waals surface area contributed by atoms with Crippen LogP contribution in [0.3, 0.4) is 0 Å². The maximum absolute atomic E-state index is 12.6. The highest BCUT2D eigenvalue weighted by molar-refractivity contribution is 5.97. The van der Waals surface area contributed by atoms with E-state index in [1.807, 2.05) is 72.8 Å². The molecule has 2 amide bonds. The number of hydrogen-bond acceptors (Lipinski definition) is 3. The number of rotatable bonds is 6. The van der Waals surface area contributed by atoms with Crippen molar-refractivity contribution in [2.24, 2.45) is 5.92 Å². The molecule has 4 rings (SSSR count). The van der Waals surface area contributed by atoms with E-state index >= 15 is 0 Å². The summed E-state index contributed by atoms with van der Waals surface area (Å²) in [7, 11) is 0. The number of amides is 2. The van der Waals surface area contributed by atoms with Gasteiger partial charge in [0, 0.05) is 25.2 Å². The highest BCUT2D eigenvalue weighted by atomic mass is 16.5. The zero-order chi connectivity index (χ0) is 20.1. The molecule has 1 aliphatic rings. The summed E-state index contributed by atoms with van der Waals surface area (Å²) in [5.41, 5.74) is 1.75. The van der Waals surface area contributed by atoms with Crippen LogP contribution >= 0.6 is 0 Å². The Kier molecular flexibility index (Phi) is 5.56. The van der Waals surface area contributed by atoms with Crippen LogP contribution in [0.25, 0.3) is 0 Å². The highest BCUT2D eigenvalue weighted by Crippen LogP contribution is 2.25. The summed E-state index contributed by atoms with van der Waals surface area (Å²) in [6.07, 6.45) is 0.244. The van der Waals surface area contributed by atoms with E-state index in [9.17, 15) is 9.59 Å². The monoisotopic (exact) mass is 386 g/mol. The Morgan fingerprint density at radius 1 is 0.897 bits per heavy atom. The number of hydrogen-bond donors (Lipinski definition) is 1. The van der Waals surface area contributed by atoms with Gasteiger partial charge in [0.1, 0.15) is 11.5 Å². The Hall–Kier alpha value is -3.60. The van der Waals surface area contributed by atoms with E-state index in [1.165, 1.54) is 0 Å². The van der Waals surface area contributed by atoms with Gasteiger partial charge >= 0.3 is 0 Å². The minimum atomic E-state index is -0.341. The summed E-state index contributed by atoms with van der Waals surface area (Å²) in [5, 5.41) is 2.91. The molecular formula is C24H22N2O3. The minimum absolute atomic E-state index is 0.0145. The van der Waals surface area contributed by atoms with Crippen LogP contribution in [-0.4, -0.2) is 23.3 Å². The van der Waals surface area contributed by atoms with Gasteiger partial charge in [-0.2, -0.15) is 0 Å². The SMILES string of the molecule is O=C(Nc1ccc(Oc2ccccc2)cc1)[C@@H]1CC(=O)N(Cc2ccccc2)C1. The fourth-order valence-corrected chi connectivity index (χ4v) is 3.38. The van der Waals surface area contributed by atoms with Crippen molar-refractivity contribution in [1.82, 2.24) is 4.90 Å². The van der Waals surface area contributed by atoms with Crippen molar-refractivity contribution >= 4 is 17.5 Å². The molecule has 1 atom stereocenters. The fraction of sp³-hybridized carbons (Fsp3) is 0.167. The molecule has 146 valence electrons. The molecule has 5 heteroatoms. The first-order valence-corrected chi connectivity index (χ1v) is 9.63. The largest absolute Gasteiger partial charge is 0.457 e. The quantitative estimate of drug-likeness (QED) is 0.680. The number of para-hydroxylation sites is 1. The van der Waals surface area contributed by atoms with Crippen LogP contribution < -0.4 is 10.1 Å². The number of carbonyl (C=O) groups excluding carboxylic acids is 2. The number of nitrogens with one attached hydrogen (secondary N) is 1. The molecule has 1 N–H and O–H groups in total. The average molecular weight is 386 g/mol. The molecule has 0 radical (unpaired) electrons. The second kappa shape index (κ2) is 8.61. The van der Waals surface area contributed by atoms with Gasteiger partial charge in [-0.25, -0.2) is 0 Å². The lowest BCUT2D eigenvalue weighted by molar-refractivity contribution is -0.128. The molecule has 0 aromatic heterocycles. The maximum Gasteiger partial charge on any atom is 0.229 e. The van der Waals surface area contributed by atoms with Crippen molar-refractivity contribution in [2.75, 3.05) is 11.9 Å². The number of carbonyl (C=O) groups is 2. The third-order valence-corrected chi connectivity index (χ3v) is 4.90. The van der Waals surface area contributed by atoms with E-state index in [0.717, 1.165) is 11.3 Å². The third-order valence-electron chi connectivity index (χ3n) is 4.90. The van der Waals surface area contributed by atoms with Crippen LogP contribution in [0.5, 0.6) is 11.5 Å². The van der Waals surface area contributed by atoms with E-state index in [-0.39, 0.29) is 24.2 Å². The van der Waals surface area contributed by atoms with E-state index in [2.05, 4.69) is 5.32 Å². The van der Waals surface area contributed by atoms with Crippen molar-refractivity contribution < 1.29 is 14.3 Å². The van der Waals surface area contributed by atoms with Gasteiger partial charge in [0.05, 0.1) is 5.92 Å². The Bertz CT molecular complexity index is 972. The molecule has 3 aromatic carbocycles. The van der Waals surface area contributed by atoms with E-state index in [4.69, 9.17) is 4.74 Å². The topological polar surface area (TPSA) is 58.6 Å². The van der Waals surface area contributed by atoms with Crippen LogP contribution in [0.1, 0.15) is 12.0 Å². The smallest absolute Gasteiger partial charge is 0.229 e. The fourth-order valence-electron chi connectivity index (χ4n) is 3.38. The first-order chi connectivity index (χ1) is 14.2. The number of ether oxygens (including phenoxy) is 1. The first-order valence-electron chi connectivity index (χ1n) is 9.63. The Morgan fingerprint density at radius 2 is 1.52 bits per heavy atom. The van der Waals surface area contributed by atoms with Gasteiger partial charge in [-0.1, -0.05) is 48.5 Å². The van der Waals surface area contributed by atoms with Gasteiger partial charge in [0.15, 0.2) is 0 Å². The van der Waals surface area contributed by atoms with E-state index in [1.54, 1.807) is 17.0 Å². The normalized spacial score (nSPS) is 15.9. The molecule has 1 fully saturated rings. The molecule has 0 bridgehead atoms. The van der Waals surface area contributed by atoms with Crippen LogP contribution in [0, 0.1) is 5.92 Å². The summed E-state index contributed by atoms with van der Waals surface area (Å²) < 4.78 is 5.76. The number of anilines is 1. The second-order valence-corrected chi connectivity index (χ2v) is 7.09. The van der Waals surface area contributed by atoms with Crippen molar-refractivity contribution in [3.8, 4) is 11.5 Å². The molecule has 5 nitrogen and oxygen atoms in total. The lowest BCUT2D eigenvalue weighted by Crippen LogP contribution is -2.28. The first kappa shape index (κ1) is 18.7. The van der Waals surface area contributed by atoms with Crippen molar-refractivity contribution in [2.45, 2.75) is 13.0 Å². The Labute approximate surface area is 169 Å². The van der Waals surface area contributed by atoms with Crippen LogP contribution in [0.4, 0.5) is 5.69 Å². The minimum Gasteiger partial charge on any atom is -0.457 e. The molecule has 1 heterocycles. The predicted octanol–water partition coefficient (Wildman–Crippen LogP) is 4.47. The molecule has 3 aromatic rings. The molecule has 29 heavy (non-hydrogen) atoms. The van der Waals surface area contributed by atoms with Crippen LogP contribution in [0.2, 0.25) is 0 Å². The number of likely N-dealkylation sites (tertiary alicyclic amines) is 1. The zero-order valence-electron chi connectivity index (χ0n) is 16.0. The molecule has 1 aliphatic heterocycles. The van der Waals surface area contributed by atoms with Crippen molar-refractivity contribution in [3.05, 3.63) is 90.5 Å². The van der Waals surface area contributed by atoms with Gasteiger partial charge < -0.3 is 15.0 Å². The van der Waals surface area contributed by atoms with E-state index in [0.29, 0.717) is 24.5 Å². The number of benzene rings is 3. The Balaban J connectivity index is 1.33. The van der Waals surface area contributed by atoms with Gasteiger partial charge in [-0.05, 0) is 42.0 Å². The molecule has 0 spiro atoms. The average Bonchev–Trinajstić information content (AvgIpc) is 3.11. The van der Waals surface area contributed by atoms with E-state index < -0.39 is 0 Å². The van der Waals surface area contributed by atoms with Gasteiger partial charge in [0.2, 0.25) is 11.8 Å². The zero-order valence-corrected chi connectivity index (χ0v) is 16.0. The summed E-state index contributed by atoms with van der Waals surface area (Å²) in [6.45, 7) is 0.976. The summed E-state index contributed by atoms with van der Waals surface area (Å²) >= 11 is 0. The highest BCUT2D eigenvalue weighted by Gasteiger charge is 2.34. The van der Waals surface area contributed by atoms with Crippen molar-refractivity contribution in [1.29, 1.82) is 0 Å². The lowest BCUT2D eigenvalue weighted by Gasteiger charge is -2.16. The predicted molar refractivity (Wildman–Crippen MR) is 112 cm³/mol. The van der Waals surface area contributed by atoms with Gasteiger partial charge in [-0.3, -0.25) is 9.59 Å². The second-order valence-electron chi connectivity index (χ2n) is 7.09. The summed E-state index contributed by atoms with van der Waals surface area (Å²) in [4.78, 5) is 26.7. The molecular weight excluding hydrogens is 364 g/mol. The van der Waals surface area contributed by atoms with Crippen LogP contribution in [-0.2, 0) is 16.1 Å². The molecule has 0 saturated carbocycles. The molecule has 1 saturated heterocycles. The molecule has 0 aliphatic carbocycles. The standard InChI is InChI=1S/C24H22N2O3/c27-23-15-19(17-26(23)16-18-7-3-1-4-8-18)24(28)25-20-11-13-22(14-12-20)29-21-9-5-2-6-10-21/h1-14,19H,15-17H2,(H,25,28)/t19-/m1/s1.